The second kappa shape index (κ2) is 6.23. The minimum atomic E-state index is -0.0980. The van der Waals surface area contributed by atoms with Crippen molar-refractivity contribution < 1.29 is 19.0 Å². The van der Waals surface area contributed by atoms with E-state index in [1.54, 1.807) is 23.1 Å². The van der Waals surface area contributed by atoms with Crippen LogP contribution in [-0.4, -0.2) is 46.8 Å². The first kappa shape index (κ1) is 15.7. The van der Waals surface area contributed by atoms with Crippen LogP contribution in [0.3, 0.4) is 0 Å². The van der Waals surface area contributed by atoms with Crippen molar-refractivity contribution in [2.24, 2.45) is 0 Å². The highest BCUT2D eigenvalue weighted by Gasteiger charge is 2.29. The number of nitrogens with zero attached hydrogens (tertiary/aromatic N) is 3. The Labute approximate surface area is 145 Å². The lowest BCUT2D eigenvalue weighted by Crippen LogP contribution is -2.31. The van der Waals surface area contributed by atoms with Crippen LogP contribution in [0.25, 0.3) is 0 Å². The Morgan fingerprint density at radius 3 is 2.72 bits per heavy atom. The zero-order chi connectivity index (χ0) is 17.4. The highest BCUT2D eigenvalue weighted by Crippen LogP contribution is 2.33. The molecule has 0 unspecified atom stereocenters. The van der Waals surface area contributed by atoms with Crippen molar-refractivity contribution in [3.63, 3.8) is 0 Å². The maximum Gasteiger partial charge on any atom is 0.317 e. The molecule has 0 saturated carbocycles. The third-order valence-corrected chi connectivity index (χ3v) is 4.29. The number of hydrogen-bond acceptors (Lipinski definition) is 6. The molecule has 7 nitrogen and oxygen atoms in total. The summed E-state index contributed by atoms with van der Waals surface area (Å²) in [5.74, 6) is 1.25. The molecule has 4 rings (SSSR count). The van der Waals surface area contributed by atoms with E-state index in [2.05, 4.69) is 9.97 Å². The Morgan fingerprint density at radius 1 is 1.16 bits per heavy atom. The van der Waals surface area contributed by atoms with E-state index in [0.717, 1.165) is 17.8 Å². The number of carbonyl (C=O) groups is 1. The molecule has 2 aromatic rings. The Kier molecular flexibility index (Phi) is 3.91. The van der Waals surface area contributed by atoms with Crippen molar-refractivity contribution >= 4 is 5.91 Å². The lowest BCUT2D eigenvalue weighted by atomic mass is 10.2. The molecule has 130 valence electrons. The van der Waals surface area contributed by atoms with Gasteiger partial charge < -0.3 is 19.1 Å². The standard InChI is InChI=1S/C18H19N3O4/c1-11-7-12(2)20-18(19-11)25-14-5-6-21(9-14)17(22)13-3-4-15-16(8-13)24-10-23-15/h3-4,7-8,14H,5-6,9-10H2,1-2H3/t14-/m0/s1. The third-order valence-electron chi connectivity index (χ3n) is 4.29. The molecule has 0 bridgehead atoms. The van der Waals surface area contributed by atoms with Gasteiger partial charge in [0.1, 0.15) is 6.10 Å². The first-order chi connectivity index (χ1) is 12.1. The molecule has 0 aliphatic carbocycles. The maximum atomic E-state index is 12.7. The molecule has 25 heavy (non-hydrogen) atoms. The molecule has 1 atom stereocenters. The largest absolute Gasteiger partial charge is 0.458 e. The van der Waals surface area contributed by atoms with Crippen LogP contribution < -0.4 is 14.2 Å². The SMILES string of the molecule is Cc1cc(C)nc(O[C@H]2CCN(C(=O)c3ccc4c(c3)OCO4)C2)n1. The Morgan fingerprint density at radius 2 is 1.92 bits per heavy atom. The number of amides is 1. The zero-order valence-electron chi connectivity index (χ0n) is 14.2. The third kappa shape index (κ3) is 3.22. The summed E-state index contributed by atoms with van der Waals surface area (Å²) < 4.78 is 16.5. The highest BCUT2D eigenvalue weighted by molar-refractivity contribution is 5.95. The summed E-state index contributed by atoms with van der Waals surface area (Å²) in [7, 11) is 0. The summed E-state index contributed by atoms with van der Waals surface area (Å²) in [5, 5.41) is 0. The number of aryl methyl sites for hydroxylation is 2. The molecule has 1 aromatic carbocycles. The summed E-state index contributed by atoms with van der Waals surface area (Å²) in [5.41, 5.74) is 2.33. The molecule has 0 radical (unpaired) electrons. The van der Waals surface area contributed by atoms with Gasteiger partial charge in [0.2, 0.25) is 6.79 Å². The molecule has 3 heterocycles. The number of benzene rings is 1. The summed E-state index contributed by atoms with van der Waals surface area (Å²) in [6.07, 6.45) is 0.659. The van der Waals surface area contributed by atoms with Crippen LogP contribution in [0, 0.1) is 13.8 Å². The van der Waals surface area contributed by atoms with Crippen LogP contribution >= 0.6 is 0 Å². The van der Waals surface area contributed by atoms with Gasteiger partial charge in [0, 0.05) is 29.9 Å². The van der Waals surface area contributed by atoms with E-state index in [1.165, 1.54) is 0 Å². The average molecular weight is 341 g/mol. The Hall–Kier alpha value is -2.83. The molecule has 2 aliphatic rings. The number of carbonyl (C=O) groups excluding carboxylic acids is 1. The van der Waals surface area contributed by atoms with E-state index in [0.29, 0.717) is 36.2 Å². The molecular formula is C18H19N3O4. The van der Waals surface area contributed by atoms with Crippen LogP contribution in [0.2, 0.25) is 0 Å². The molecule has 0 spiro atoms. The monoisotopic (exact) mass is 341 g/mol. The summed E-state index contributed by atoms with van der Waals surface area (Å²) in [6.45, 7) is 5.17. The fourth-order valence-corrected chi connectivity index (χ4v) is 3.12. The van der Waals surface area contributed by atoms with E-state index in [1.807, 2.05) is 19.9 Å². The van der Waals surface area contributed by atoms with E-state index in [-0.39, 0.29) is 18.8 Å². The summed E-state index contributed by atoms with van der Waals surface area (Å²) >= 11 is 0. The average Bonchev–Trinajstić information content (AvgIpc) is 3.21. The highest BCUT2D eigenvalue weighted by atomic mass is 16.7. The van der Waals surface area contributed by atoms with E-state index < -0.39 is 0 Å². The Balaban J connectivity index is 1.42. The minimum Gasteiger partial charge on any atom is -0.458 e. The first-order valence-electron chi connectivity index (χ1n) is 8.26. The molecule has 1 fully saturated rings. The van der Waals surface area contributed by atoms with Gasteiger partial charge in [-0.1, -0.05) is 0 Å². The molecule has 0 N–H and O–H groups in total. The van der Waals surface area contributed by atoms with Crippen LogP contribution in [0.1, 0.15) is 28.2 Å². The van der Waals surface area contributed by atoms with Gasteiger partial charge in [0.05, 0.1) is 6.54 Å². The van der Waals surface area contributed by atoms with Crippen molar-refractivity contribution in [2.75, 3.05) is 19.9 Å². The van der Waals surface area contributed by atoms with Crippen LogP contribution in [0.5, 0.6) is 17.5 Å². The molecule has 1 aromatic heterocycles. The van der Waals surface area contributed by atoms with Crippen molar-refractivity contribution in [1.29, 1.82) is 0 Å². The van der Waals surface area contributed by atoms with Gasteiger partial charge in [-0.3, -0.25) is 4.79 Å². The fraction of sp³-hybridized carbons (Fsp3) is 0.389. The van der Waals surface area contributed by atoms with Gasteiger partial charge >= 0.3 is 6.01 Å². The van der Waals surface area contributed by atoms with Crippen LogP contribution in [-0.2, 0) is 0 Å². The number of ether oxygens (including phenoxy) is 3. The van der Waals surface area contributed by atoms with E-state index in [9.17, 15) is 4.79 Å². The second-order valence-corrected chi connectivity index (χ2v) is 6.28. The normalized spacial score (nSPS) is 18.5. The number of aromatic nitrogens is 2. The number of fused-ring (bicyclic) bond motifs is 1. The van der Waals surface area contributed by atoms with Crippen molar-refractivity contribution in [3.05, 3.63) is 41.2 Å². The Bertz CT molecular complexity index is 804. The predicted octanol–water partition coefficient (Wildman–Crippen LogP) is 2.12. The van der Waals surface area contributed by atoms with Crippen LogP contribution in [0.15, 0.2) is 24.3 Å². The fourth-order valence-electron chi connectivity index (χ4n) is 3.12. The van der Waals surface area contributed by atoms with Gasteiger partial charge in [0.15, 0.2) is 11.5 Å². The van der Waals surface area contributed by atoms with Gasteiger partial charge in [-0.05, 0) is 38.1 Å². The van der Waals surface area contributed by atoms with Gasteiger partial charge in [-0.2, -0.15) is 0 Å². The zero-order valence-corrected chi connectivity index (χ0v) is 14.2. The van der Waals surface area contributed by atoms with Gasteiger partial charge in [-0.15, -0.1) is 0 Å². The quantitative estimate of drug-likeness (QED) is 0.851. The van der Waals surface area contributed by atoms with Crippen molar-refractivity contribution in [2.45, 2.75) is 26.4 Å². The van der Waals surface area contributed by atoms with Crippen molar-refractivity contribution in [1.82, 2.24) is 14.9 Å². The topological polar surface area (TPSA) is 73.8 Å². The smallest absolute Gasteiger partial charge is 0.317 e. The van der Waals surface area contributed by atoms with Crippen molar-refractivity contribution in [3.8, 4) is 17.5 Å². The lowest BCUT2D eigenvalue weighted by Gasteiger charge is -2.17. The minimum absolute atomic E-state index is 0.0364. The van der Waals surface area contributed by atoms with Gasteiger partial charge in [-0.25, -0.2) is 9.97 Å². The van der Waals surface area contributed by atoms with Gasteiger partial charge in [0.25, 0.3) is 5.91 Å². The molecule has 1 saturated heterocycles. The summed E-state index contributed by atoms with van der Waals surface area (Å²) in [4.78, 5) is 23.1. The van der Waals surface area contributed by atoms with E-state index in [4.69, 9.17) is 14.2 Å². The molecule has 2 aliphatic heterocycles. The second-order valence-electron chi connectivity index (χ2n) is 6.28. The maximum absolute atomic E-state index is 12.7. The van der Waals surface area contributed by atoms with Crippen LogP contribution in [0.4, 0.5) is 0 Å². The number of likely N-dealkylation sites (tertiary alicyclic amines) is 1. The molecule has 1 amide bonds. The lowest BCUT2D eigenvalue weighted by molar-refractivity contribution is 0.0769. The number of rotatable bonds is 3. The molecule has 7 heteroatoms. The number of hydrogen-bond donors (Lipinski definition) is 0. The van der Waals surface area contributed by atoms with E-state index >= 15 is 0 Å². The molecular weight excluding hydrogens is 322 g/mol. The summed E-state index contributed by atoms with van der Waals surface area (Å²) in [6, 6.07) is 7.53. The predicted molar refractivity (Wildman–Crippen MR) is 89.0 cm³/mol. The first-order valence-corrected chi connectivity index (χ1v) is 8.26.